The van der Waals surface area contributed by atoms with Crippen LogP contribution in [0, 0.1) is 5.92 Å². The Morgan fingerprint density at radius 2 is 2.00 bits per heavy atom. The maximum absolute atomic E-state index is 11.7. The van der Waals surface area contributed by atoms with E-state index in [9.17, 15) is 4.79 Å². The predicted octanol–water partition coefficient (Wildman–Crippen LogP) is 1.28. The molecule has 0 aromatic heterocycles. The molecule has 1 heterocycles. The van der Waals surface area contributed by atoms with E-state index in [2.05, 4.69) is 27.8 Å². The van der Waals surface area contributed by atoms with Crippen LogP contribution in [0.5, 0.6) is 0 Å². The summed E-state index contributed by atoms with van der Waals surface area (Å²) in [5.41, 5.74) is 1.31. The van der Waals surface area contributed by atoms with Crippen LogP contribution in [0.4, 0.5) is 4.79 Å². The number of rotatable bonds is 5. The molecular weight excluding hydrogens is 252 g/mol. The maximum atomic E-state index is 11.7. The largest absolute Gasteiger partial charge is 0.337 e. The molecule has 0 radical (unpaired) electrons. The predicted molar refractivity (Wildman–Crippen MR) is 81.6 cm³/mol. The Morgan fingerprint density at radius 3 is 2.70 bits per heavy atom. The minimum Gasteiger partial charge on any atom is -0.337 e. The first-order chi connectivity index (χ1) is 9.75. The third-order valence-corrected chi connectivity index (χ3v) is 4.35. The lowest BCUT2D eigenvalue weighted by Crippen LogP contribution is -2.47. The van der Waals surface area contributed by atoms with E-state index in [0.717, 1.165) is 32.7 Å². The number of hydrogen-bond donors (Lipinski definition) is 3. The van der Waals surface area contributed by atoms with Gasteiger partial charge in [-0.1, -0.05) is 18.4 Å². The number of nitrogens with zero attached hydrogens (tertiary/aromatic N) is 1. The summed E-state index contributed by atoms with van der Waals surface area (Å²) in [4.78, 5) is 14.1. The van der Waals surface area contributed by atoms with Crippen LogP contribution in [-0.2, 0) is 0 Å². The fourth-order valence-corrected chi connectivity index (χ4v) is 2.99. The van der Waals surface area contributed by atoms with Gasteiger partial charge in [0.2, 0.25) is 0 Å². The molecule has 0 aromatic rings. The van der Waals surface area contributed by atoms with Gasteiger partial charge in [-0.3, -0.25) is 4.90 Å². The van der Waals surface area contributed by atoms with Crippen LogP contribution in [0.2, 0.25) is 0 Å². The van der Waals surface area contributed by atoms with Crippen molar-refractivity contribution in [2.75, 3.05) is 39.3 Å². The molecule has 1 aliphatic heterocycles. The van der Waals surface area contributed by atoms with Gasteiger partial charge in [0.15, 0.2) is 0 Å². The Balaban J connectivity index is 1.58. The lowest BCUT2D eigenvalue weighted by atomic mass is 10.0. The van der Waals surface area contributed by atoms with E-state index in [1.54, 1.807) is 0 Å². The van der Waals surface area contributed by atoms with E-state index in [4.69, 9.17) is 0 Å². The van der Waals surface area contributed by atoms with Gasteiger partial charge in [0.05, 0.1) is 0 Å². The van der Waals surface area contributed by atoms with Gasteiger partial charge in [-0.05, 0) is 25.7 Å². The molecule has 0 aromatic carbocycles. The molecule has 1 aliphatic carbocycles. The molecule has 114 valence electrons. The van der Waals surface area contributed by atoms with Crippen LogP contribution in [0.1, 0.15) is 32.6 Å². The van der Waals surface area contributed by atoms with E-state index < -0.39 is 0 Å². The SMILES string of the molecule is C/C(=C\NC(=O)NCCN1CCNCC1)C1CCCC1. The van der Waals surface area contributed by atoms with Gasteiger partial charge in [0, 0.05) is 45.5 Å². The molecule has 5 heteroatoms. The van der Waals surface area contributed by atoms with Gasteiger partial charge in [-0.2, -0.15) is 0 Å². The Kier molecular flexibility index (Phi) is 6.33. The summed E-state index contributed by atoms with van der Waals surface area (Å²) < 4.78 is 0. The fourth-order valence-electron chi connectivity index (χ4n) is 2.99. The first kappa shape index (κ1) is 15.3. The van der Waals surface area contributed by atoms with E-state index in [1.807, 2.05) is 6.20 Å². The van der Waals surface area contributed by atoms with Crippen LogP contribution in [0.3, 0.4) is 0 Å². The summed E-state index contributed by atoms with van der Waals surface area (Å²) >= 11 is 0. The van der Waals surface area contributed by atoms with E-state index in [-0.39, 0.29) is 6.03 Å². The van der Waals surface area contributed by atoms with Crippen molar-refractivity contribution in [1.29, 1.82) is 0 Å². The molecule has 2 aliphatic rings. The highest BCUT2D eigenvalue weighted by molar-refractivity contribution is 5.74. The fraction of sp³-hybridized carbons (Fsp3) is 0.800. The lowest BCUT2D eigenvalue weighted by molar-refractivity contribution is 0.229. The molecule has 2 amide bonds. The normalized spacial score (nSPS) is 21.9. The standard InChI is InChI=1S/C15H28N4O/c1-13(14-4-2-3-5-14)12-18-15(20)17-8-11-19-9-6-16-7-10-19/h12,14,16H,2-11H2,1H3,(H2,17,18,20)/b13-12+. The molecule has 0 unspecified atom stereocenters. The van der Waals surface area contributed by atoms with Crippen molar-refractivity contribution < 1.29 is 4.79 Å². The van der Waals surface area contributed by atoms with Gasteiger partial charge in [0.1, 0.15) is 0 Å². The van der Waals surface area contributed by atoms with Crippen LogP contribution >= 0.6 is 0 Å². The summed E-state index contributed by atoms with van der Waals surface area (Å²) in [6.45, 7) is 8.01. The van der Waals surface area contributed by atoms with Gasteiger partial charge in [-0.25, -0.2) is 4.79 Å². The highest BCUT2D eigenvalue weighted by atomic mass is 16.2. The van der Waals surface area contributed by atoms with Gasteiger partial charge >= 0.3 is 6.03 Å². The molecule has 20 heavy (non-hydrogen) atoms. The van der Waals surface area contributed by atoms with Crippen LogP contribution in [0.25, 0.3) is 0 Å². The average molecular weight is 280 g/mol. The molecule has 2 rings (SSSR count). The zero-order valence-corrected chi connectivity index (χ0v) is 12.6. The Morgan fingerprint density at radius 1 is 1.30 bits per heavy atom. The maximum Gasteiger partial charge on any atom is 0.318 e. The quantitative estimate of drug-likeness (QED) is 0.711. The Labute approximate surface area is 122 Å². The first-order valence-electron chi connectivity index (χ1n) is 7.90. The number of carbonyl (C=O) groups excluding carboxylic acids is 1. The first-order valence-corrected chi connectivity index (χ1v) is 7.90. The molecule has 2 fully saturated rings. The van der Waals surface area contributed by atoms with Gasteiger partial charge in [0.25, 0.3) is 0 Å². The zero-order chi connectivity index (χ0) is 14.2. The van der Waals surface area contributed by atoms with Crippen molar-refractivity contribution >= 4 is 6.03 Å². The Bertz CT molecular complexity index is 331. The topological polar surface area (TPSA) is 56.4 Å². The summed E-state index contributed by atoms with van der Waals surface area (Å²) in [7, 11) is 0. The van der Waals surface area contributed by atoms with Crippen molar-refractivity contribution in [3.8, 4) is 0 Å². The van der Waals surface area contributed by atoms with Crippen molar-refractivity contribution in [3.05, 3.63) is 11.8 Å². The average Bonchev–Trinajstić information content (AvgIpc) is 3.00. The molecule has 1 saturated carbocycles. The van der Waals surface area contributed by atoms with Crippen molar-refractivity contribution in [2.24, 2.45) is 5.92 Å². The van der Waals surface area contributed by atoms with E-state index in [1.165, 1.54) is 31.3 Å². The third kappa shape index (κ3) is 5.13. The van der Waals surface area contributed by atoms with Crippen LogP contribution in [0.15, 0.2) is 11.8 Å². The molecular formula is C15H28N4O. The van der Waals surface area contributed by atoms with Crippen molar-refractivity contribution in [3.63, 3.8) is 0 Å². The van der Waals surface area contributed by atoms with Gasteiger partial charge in [-0.15, -0.1) is 0 Å². The molecule has 0 spiro atoms. The second kappa shape index (κ2) is 8.27. The number of piperazine rings is 1. The third-order valence-electron chi connectivity index (χ3n) is 4.35. The minimum atomic E-state index is -0.0857. The number of amides is 2. The molecule has 1 saturated heterocycles. The second-order valence-corrected chi connectivity index (χ2v) is 5.86. The molecule has 3 N–H and O–H groups in total. The smallest absolute Gasteiger partial charge is 0.318 e. The monoisotopic (exact) mass is 280 g/mol. The van der Waals surface area contributed by atoms with E-state index >= 15 is 0 Å². The number of hydrogen-bond acceptors (Lipinski definition) is 3. The molecule has 5 nitrogen and oxygen atoms in total. The number of allylic oxidation sites excluding steroid dienone is 1. The minimum absolute atomic E-state index is 0.0857. The van der Waals surface area contributed by atoms with Crippen LogP contribution < -0.4 is 16.0 Å². The van der Waals surface area contributed by atoms with E-state index in [0.29, 0.717) is 12.5 Å². The van der Waals surface area contributed by atoms with Gasteiger partial charge < -0.3 is 16.0 Å². The molecule has 0 atom stereocenters. The summed E-state index contributed by atoms with van der Waals surface area (Å²) in [5.74, 6) is 0.677. The highest BCUT2D eigenvalue weighted by Crippen LogP contribution is 2.30. The second-order valence-electron chi connectivity index (χ2n) is 5.86. The number of carbonyl (C=O) groups is 1. The van der Waals surface area contributed by atoms with Crippen molar-refractivity contribution in [1.82, 2.24) is 20.9 Å². The zero-order valence-electron chi connectivity index (χ0n) is 12.6. The van der Waals surface area contributed by atoms with Crippen molar-refractivity contribution in [2.45, 2.75) is 32.6 Å². The number of urea groups is 1. The molecule has 0 bridgehead atoms. The summed E-state index contributed by atoms with van der Waals surface area (Å²) in [6, 6.07) is -0.0857. The lowest BCUT2D eigenvalue weighted by Gasteiger charge is -2.27. The highest BCUT2D eigenvalue weighted by Gasteiger charge is 2.16. The van der Waals surface area contributed by atoms with Crippen LogP contribution in [-0.4, -0.2) is 50.2 Å². The Hall–Kier alpha value is -1.07. The summed E-state index contributed by atoms with van der Waals surface area (Å²) in [5, 5.41) is 9.10. The summed E-state index contributed by atoms with van der Waals surface area (Å²) in [6.07, 6.45) is 7.08. The number of nitrogens with one attached hydrogen (secondary N) is 3.